The molecular weight excluding hydrogens is 312 g/mol. The highest BCUT2D eigenvalue weighted by Crippen LogP contribution is 2.33. The molecule has 2 saturated heterocycles. The summed E-state index contributed by atoms with van der Waals surface area (Å²) in [5.74, 6) is 1.71. The second-order valence-corrected chi connectivity index (χ2v) is 6.97. The lowest BCUT2D eigenvalue weighted by Crippen LogP contribution is -2.53. The number of nitrogens with zero attached hydrogens (tertiary/aromatic N) is 2. The molecule has 2 aromatic carbocycles. The molecule has 1 unspecified atom stereocenters. The lowest BCUT2D eigenvalue weighted by molar-refractivity contribution is -0.134. The van der Waals surface area contributed by atoms with Crippen LogP contribution in [0.5, 0.6) is 5.75 Å². The van der Waals surface area contributed by atoms with E-state index in [2.05, 4.69) is 29.2 Å². The molecule has 1 atom stereocenters. The third-order valence-electron chi connectivity index (χ3n) is 5.42. The van der Waals surface area contributed by atoms with E-state index in [0.29, 0.717) is 5.92 Å². The molecule has 2 fully saturated rings. The quantitative estimate of drug-likeness (QED) is 0.842. The summed E-state index contributed by atoms with van der Waals surface area (Å²) in [5, 5.41) is 0. The van der Waals surface area contributed by atoms with Crippen LogP contribution in [0.4, 0.5) is 0 Å². The summed E-state index contributed by atoms with van der Waals surface area (Å²) in [6, 6.07) is 18.6. The van der Waals surface area contributed by atoms with Crippen LogP contribution in [0.3, 0.4) is 0 Å². The number of carbonyl (C=O) groups excluding carboxylic acids is 1. The highest BCUT2D eigenvalue weighted by Gasteiger charge is 2.41. The van der Waals surface area contributed by atoms with Crippen molar-refractivity contribution in [3.63, 3.8) is 0 Å². The molecule has 130 valence electrons. The lowest BCUT2D eigenvalue weighted by Gasteiger charge is -2.42. The number of methoxy groups -OCH3 is 1. The Hall–Kier alpha value is -2.33. The fraction of sp³-hybridized carbons (Fsp3) is 0.381. The van der Waals surface area contributed by atoms with Gasteiger partial charge in [-0.05, 0) is 29.7 Å². The molecule has 2 heterocycles. The van der Waals surface area contributed by atoms with Crippen molar-refractivity contribution in [2.24, 2.45) is 0 Å². The summed E-state index contributed by atoms with van der Waals surface area (Å²) in [4.78, 5) is 17.1. The molecule has 1 amide bonds. The maximum atomic E-state index is 12.7. The Balaban J connectivity index is 1.32. The minimum Gasteiger partial charge on any atom is -0.497 e. The predicted octanol–water partition coefficient (Wildman–Crippen LogP) is 2.90. The molecule has 25 heavy (non-hydrogen) atoms. The molecule has 0 N–H and O–H groups in total. The minimum absolute atomic E-state index is 0.0678. The Labute approximate surface area is 149 Å². The zero-order chi connectivity index (χ0) is 17.2. The predicted molar refractivity (Wildman–Crippen MR) is 97.6 cm³/mol. The normalized spacial score (nSPS) is 21.4. The van der Waals surface area contributed by atoms with Gasteiger partial charge < -0.3 is 9.64 Å². The summed E-state index contributed by atoms with van der Waals surface area (Å²) in [5.41, 5.74) is 2.54. The van der Waals surface area contributed by atoms with E-state index in [1.54, 1.807) is 7.11 Å². The molecule has 4 rings (SSSR count). The first kappa shape index (κ1) is 16.2. The van der Waals surface area contributed by atoms with E-state index in [1.807, 2.05) is 35.2 Å². The van der Waals surface area contributed by atoms with Gasteiger partial charge in [-0.2, -0.15) is 0 Å². The van der Waals surface area contributed by atoms with Crippen LogP contribution in [-0.2, 0) is 11.3 Å². The van der Waals surface area contributed by atoms with E-state index in [1.165, 1.54) is 11.1 Å². The van der Waals surface area contributed by atoms with Crippen LogP contribution in [0.1, 0.15) is 23.5 Å². The van der Waals surface area contributed by atoms with Crippen LogP contribution in [0, 0.1) is 0 Å². The molecule has 0 saturated carbocycles. The third kappa shape index (κ3) is 3.27. The maximum Gasteiger partial charge on any atom is 0.240 e. The molecule has 4 nitrogen and oxygen atoms in total. The summed E-state index contributed by atoms with van der Waals surface area (Å²) in [6.07, 6.45) is 0.945. The Kier molecular flexibility index (Phi) is 4.45. The van der Waals surface area contributed by atoms with Gasteiger partial charge in [0, 0.05) is 32.1 Å². The zero-order valence-corrected chi connectivity index (χ0v) is 14.6. The Morgan fingerprint density at radius 3 is 2.44 bits per heavy atom. The fourth-order valence-corrected chi connectivity index (χ4v) is 3.88. The number of carbonyl (C=O) groups is 1. The van der Waals surface area contributed by atoms with E-state index < -0.39 is 0 Å². The molecule has 2 aliphatic rings. The summed E-state index contributed by atoms with van der Waals surface area (Å²) in [6.45, 7) is 3.54. The number of amides is 1. The standard InChI is InChI=1S/C21H24N2O2/c1-25-19-9-7-17(8-10-19)18-14-23(15-18)20-11-12-22(21(20)24)13-16-5-3-2-4-6-16/h2-10,18,20H,11-15H2,1H3. The van der Waals surface area contributed by atoms with Crippen LogP contribution in [0.25, 0.3) is 0 Å². The molecule has 0 radical (unpaired) electrons. The Bertz CT molecular complexity index is 723. The number of rotatable bonds is 5. The van der Waals surface area contributed by atoms with Gasteiger partial charge in [0.1, 0.15) is 5.75 Å². The van der Waals surface area contributed by atoms with Gasteiger partial charge in [-0.15, -0.1) is 0 Å². The van der Waals surface area contributed by atoms with E-state index in [-0.39, 0.29) is 11.9 Å². The van der Waals surface area contributed by atoms with Gasteiger partial charge in [0.15, 0.2) is 0 Å². The van der Waals surface area contributed by atoms with Crippen molar-refractivity contribution in [3.8, 4) is 5.75 Å². The average Bonchev–Trinajstić information content (AvgIpc) is 2.96. The molecule has 0 aromatic heterocycles. The van der Waals surface area contributed by atoms with Gasteiger partial charge in [0.25, 0.3) is 0 Å². The molecule has 2 aromatic rings. The van der Waals surface area contributed by atoms with E-state index in [0.717, 1.165) is 38.3 Å². The first-order valence-corrected chi connectivity index (χ1v) is 8.95. The van der Waals surface area contributed by atoms with Crippen LogP contribution < -0.4 is 4.74 Å². The summed E-state index contributed by atoms with van der Waals surface area (Å²) >= 11 is 0. The lowest BCUT2D eigenvalue weighted by atomic mass is 9.89. The largest absolute Gasteiger partial charge is 0.497 e. The maximum absolute atomic E-state index is 12.7. The van der Waals surface area contributed by atoms with Gasteiger partial charge in [-0.3, -0.25) is 9.69 Å². The number of hydrogen-bond acceptors (Lipinski definition) is 3. The van der Waals surface area contributed by atoms with Crippen LogP contribution in [0.2, 0.25) is 0 Å². The van der Waals surface area contributed by atoms with Gasteiger partial charge in [-0.1, -0.05) is 42.5 Å². The second-order valence-electron chi connectivity index (χ2n) is 6.97. The van der Waals surface area contributed by atoms with E-state index in [9.17, 15) is 4.79 Å². The number of benzene rings is 2. The van der Waals surface area contributed by atoms with Crippen molar-refractivity contribution < 1.29 is 9.53 Å². The minimum atomic E-state index is 0.0678. The van der Waals surface area contributed by atoms with E-state index in [4.69, 9.17) is 4.74 Å². The first-order valence-electron chi connectivity index (χ1n) is 8.95. The molecule has 0 spiro atoms. The third-order valence-corrected chi connectivity index (χ3v) is 5.42. The molecular formula is C21H24N2O2. The second kappa shape index (κ2) is 6.89. The molecule has 0 bridgehead atoms. The van der Waals surface area contributed by atoms with E-state index >= 15 is 0 Å². The molecule has 2 aliphatic heterocycles. The number of likely N-dealkylation sites (tertiary alicyclic amines) is 2. The van der Waals surface area contributed by atoms with Crippen LogP contribution in [0.15, 0.2) is 54.6 Å². The molecule has 4 heteroatoms. The van der Waals surface area contributed by atoms with Crippen LogP contribution >= 0.6 is 0 Å². The SMILES string of the molecule is COc1ccc(C2CN(C3CCN(Cc4ccccc4)C3=O)C2)cc1. The smallest absolute Gasteiger partial charge is 0.240 e. The number of hydrogen-bond donors (Lipinski definition) is 0. The molecule has 0 aliphatic carbocycles. The fourth-order valence-electron chi connectivity index (χ4n) is 3.88. The van der Waals surface area contributed by atoms with Crippen molar-refractivity contribution >= 4 is 5.91 Å². The van der Waals surface area contributed by atoms with Crippen LogP contribution in [-0.4, -0.2) is 48.5 Å². The van der Waals surface area contributed by atoms with Crippen molar-refractivity contribution in [2.45, 2.75) is 24.9 Å². The topological polar surface area (TPSA) is 32.8 Å². The highest BCUT2D eigenvalue weighted by atomic mass is 16.5. The van der Waals surface area contributed by atoms with Crippen molar-refractivity contribution in [1.82, 2.24) is 9.80 Å². The zero-order valence-electron chi connectivity index (χ0n) is 14.6. The van der Waals surface area contributed by atoms with Crippen molar-refractivity contribution in [3.05, 3.63) is 65.7 Å². The van der Waals surface area contributed by atoms with Gasteiger partial charge in [0.2, 0.25) is 5.91 Å². The van der Waals surface area contributed by atoms with Crippen molar-refractivity contribution in [2.75, 3.05) is 26.7 Å². The van der Waals surface area contributed by atoms with Gasteiger partial charge in [0.05, 0.1) is 13.2 Å². The monoisotopic (exact) mass is 336 g/mol. The number of ether oxygens (including phenoxy) is 1. The summed E-state index contributed by atoms with van der Waals surface area (Å²) < 4.78 is 5.22. The van der Waals surface area contributed by atoms with Crippen molar-refractivity contribution in [1.29, 1.82) is 0 Å². The summed E-state index contributed by atoms with van der Waals surface area (Å²) in [7, 11) is 1.69. The average molecular weight is 336 g/mol. The highest BCUT2D eigenvalue weighted by molar-refractivity contribution is 5.84. The van der Waals surface area contributed by atoms with Gasteiger partial charge >= 0.3 is 0 Å². The van der Waals surface area contributed by atoms with Gasteiger partial charge in [-0.25, -0.2) is 0 Å². The Morgan fingerprint density at radius 2 is 1.76 bits per heavy atom. The first-order chi connectivity index (χ1) is 12.2. The Morgan fingerprint density at radius 1 is 1.04 bits per heavy atom.